The number of hydrazone groups is 1. The van der Waals surface area contributed by atoms with Crippen molar-refractivity contribution in [3.05, 3.63) is 0 Å². The van der Waals surface area contributed by atoms with Crippen LogP contribution in [0.3, 0.4) is 0 Å². The van der Waals surface area contributed by atoms with Gasteiger partial charge in [0.15, 0.2) is 0 Å². The van der Waals surface area contributed by atoms with Gasteiger partial charge in [0.25, 0.3) is 0 Å². The van der Waals surface area contributed by atoms with Crippen LogP contribution in [0.15, 0.2) is 5.10 Å². The molecule has 0 radical (unpaired) electrons. The van der Waals surface area contributed by atoms with Crippen molar-refractivity contribution in [1.29, 1.82) is 0 Å². The van der Waals surface area contributed by atoms with Crippen LogP contribution in [0.4, 0.5) is 0 Å². The molecular weight excluding hydrogens is 156 g/mol. The maximum atomic E-state index is 10.5. The van der Waals surface area contributed by atoms with Crippen LogP contribution in [-0.2, 0) is 4.79 Å². The minimum atomic E-state index is -0.119. The molecule has 3 nitrogen and oxygen atoms in total. The summed E-state index contributed by atoms with van der Waals surface area (Å²) in [6.07, 6.45) is 0.438. The quantitative estimate of drug-likeness (QED) is 0.278. The van der Waals surface area contributed by atoms with Crippen molar-refractivity contribution in [1.82, 2.24) is 5.43 Å². The Balaban J connectivity index is 3.16. The van der Waals surface area contributed by atoms with Gasteiger partial charge in [0.05, 0.1) is 0 Å². The number of hydrogen-bond donors (Lipinski definition) is 2. The highest BCUT2D eigenvalue weighted by Crippen LogP contribution is 2.05. The molecule has 52 valence electrons. The first kappa shape index (κ1) is 8.84. The predicted molar refractivity (Wildman–Crippen MR) is 43.8 cm³/mol. The Morgan fingerprint density at radius 3 is 3.00 bits per heavy atom. The minimum Gasteiger partial charge on any atom is -0.273 e. The molecule has 0 unspecified atom stereocenters. The first-order chi connectivity index (χ1) is 4.31. The minimum absolute atomic E-state index is 0.119. The molecule has 0 heterocycles. The number of rotatable bonds is 4. The van der Waals surface area contributed by atoms with Crippen LogP contribution in [0.2, 0.25) is 0 Å². The Kier molecular flexibility index (Phi) is 5.86. The zero-order valence-corrected chi connectivity index (χ0v) is 6.54. The molecule has 0 aromatic rings. The van der Waals surface area contributed by atoms with Crippen LogP contribution in [-0.4, -0.2) is 18.4 Å². The summed E-state index contributed by atoms with van der Waals surface area (Å²) in [4.78, 5) is 10.5. The third-order valence-corrected chi connectivity index (χ3v) is 1.56. The van der Waals surface area contributed by atoms with Crippen LogP contribution in [0, 0.1) is 0 Å². The van der Waals surface area contributed by atoms with Gasteiger partial charge in [-0.3, -0.25) is 4.79 Å². The van der Waals surface area contributed by atoms with Crippen molar-refractivity contribution in [2.75, 3.05) is 5.75 Å². The molecule has 1 amide bonds. The molecule has 0 fully saturated rings. The van der Waals surface area contributed by atoms with Gasteiger partial charge in [-0.1, -0.05) is 10.8 Å². The number of amides is 1. The van der Waals surface area contributed by atoms with E-state index < -0.39 is 0 Å². The van der Waals surface area contributed by atoms with Gasteiger partial charge < -0.3 is 0 Å². The molecule has 0 saturated heterocycles. The van der Waals surface area contributed by atoms with Crippen molar-refractivity contribution in [2.45, 2.75) is 6.42 Å². The predicted octanol–water partition coefficient (Wildman–Crippen LogP) is 0.686. The Labute approximate surface area is 63.1 Å². The van der Waals surface area contributed by atoms with Gasteiger partial charge >= 0.3 is 0 Å². The highest BCUT2D eigenvalue weighted by Gasteiger charge is 1.95. The Morgan fingerprint density at radius 1 is 1.89 bits per heavy atom. The second kappa shape index (κ2) is 5.97. The van der Waals surface area contributed by atoms with Crippen molar-refractivity contribution in [3.8, 4) is 0 Å². The lowest BCUT2D eigenvalue weighted by Gasteiger charge is -1.93. The maximum Gasteiger partial charge on any atom is 0.240 e. The Bertz CT molecular complexity index is 107. The van der Waals surface area contributed by atoms with Gasteiger partial charge in [0.2, 0.25) is 5.91 Å². The monoisotopic (exact) mass is 164 g/mol. The summed E-state index contributed by atoms with van der Waals surface area (Å²) < 4.78 is 0. The molecule has 9 heavy (non-hydrogen) atoms. The zero-order valence-electron chi connectivity index (χ0n) is 4.83. The van der Waals surface area contributed by atoms with E-state index >= 15 is 0 Å². The molecule has 0 spiro atoms. The summed E-state index contributed by atoms with van der Waals surface area (Å²) in [5, 5.41) is 3.20. The fourth-order valence-corrected chi connectivity index (χ4v) is 0.833. The number of carbonyl (C=O) groups is 1. The highest BCUT2D eigenvalue weighted by atomic mass is 33.1. The summed E-state index contributed by atoms with van der Waals surface area (Å²) in [5.74, 6) is 0.580. The van der Waals surface area contributed by atoms with Gasteiger partial charge in [0.1, 0.15) is 0 Å². The molecule has 0 rings (SSSR count). The second-order valence-corrected chi connectivity index (χ2v) is 2.72. The van der Waals surface area contributed by atoms with Gasteiger partial charge in [0, 0.05) is 18.9 Å². The number of thiol groups is 1. The largest absolute Gasteiger partial charge is 0.273 e. The summed E-state index contributed by atoms with van der Waals surface area (Å²) in [7, 11) is 1.33. The third-order valence-electron chi connectivity index (χ3n) is 0.624. The van der Waals surface area contributed by atoms with E-state index in [2.05, 4.69) is 28.9 Å². The number of nitrogens with zero attached hydrogens (tertiary/aromatic N) is 1. The van der Waals surface area contributed by atoms with Crippen molar-refractivity contribution >= 4 is 35.1 Å². The highest BCUT2D eigenvalue weighted by molar-refractivity contribution is 8.68. The normalized spacial score (nSPS) is 8.56. The molecule has 0 aliphatic heterocycles. The topological polar surface area (TPSA) is 41.5 Å². The van der Waals surface area contributed by atoms with E-state index in [9.17, 15) is 4.79 Å². The molecule has 0 saturated carbocycles. The van der Waals surface area contributed by atoms with Crippen molar-refractivity contribution in [2.24, 2.45) is 5.10 Å². The van der Waals surface area contributed by atoms with Crippen molar-refractivity contribution < 1.29 is 4.79 Å². The molecular formula is C4H8N2OS2. The summed E-state index contributed by atoms with van der Waals surface area (Å²) in [6.45, 7) is 3.10. The van der Waals surface area contributed by atoms with Gasteiger partial charge in [-0.2, -0.15) is 5.10 Å². The van der Waals surface area contributed by atoms with E-state index in [0.717, 1.165) is 0 Å². The fraction of sp³-hybridized carbons (Fsp3) is 0.500. The molecule has 0 aliphatic carbocycles. The van der Waals surface area contributed by atoms with E-state index in [0.29, 0.717) is 12.2 Å². The molecule has 0 atom stereocenters. The first-order valence-electron chi connectivity index (χ1n) is 2.32. The molecule has 0 bridgehead atoms. The van der Waals surface area contributed by atoms with Gasteiger partial charge in [-0.15, -0.1) is 11.7 Å². The van der Waals surface area contributed by atoms with E-state index in [1.54, 1.807) is 0 Å². The third kappa shape index (κ3) is 5.72. The van der Waals surface area contributed by atoms with Crippen LogP contribution in [0.25, 0.3) is 0 Å². The number of nitrogens with one attached hydrogen (secondary N) is 1. The maximum absolute atomic E-state index is 10.5. The van der Waals surface area contributed by atoms with E-state index in [1.165, 1.54) is 10.8 Å². The van der Waals surface area contributed by atoms with Gasteiger partial charge in [-0.05, 0) is 0 Å². The summed E-state index contributed by atoms with van der Waals surface area (Å²) >= 11 is 3.85. The summed E-state index contributed by atoms with van der Waals surface area (Å²) in [5.41, 5.74) is 2.21. The van der Waals surface area contributed by atoms with Crippen LogP contribution >= 0.6 is 22.5 Å². The fourth-order valence-electron chi connectivity index (χ4n) is 0.282. The summed E-state index contributed by atoms with van der Waals surface area (Å²) in [6, 6.07) is 0. The number of carbonyl (C=O) groups excluding carboxylic acids is 1. The lowest BCUT2D eigenvalue weighted by atomic mass is 10.5. The van der Waals surface area contributed by atoms with Crippen LogP contribution in [0.5, 0.6) is 0 Å². The van der Waals surface area contributed by atoms with E-state index in [4.69, 9.17) is 0 Å². The Morgan fingerprint density at radius 2 is 2.56 bits per heavy atom. The molecule has 1 N–H and O–H groups in total. The standard InChI is InChI=1S/C4H8N2OS2/c1-5-6-4(7)2-3-9-8/h8H,1-3H2,(H,6,7). The van der Waals surface area contributed by atoms with Crippen molar-refractivity contribution in [3.63, 3.8) is 0 Å². The lowest BCUT2D eigenvalue weighted by molar-refractivity contribution is -0.120. The SMILES string of the molecule is C=NNC(=O)CCSS. The average Bonchev–Trinajstić information content (AvgIpc) is 1.85. The molecule has 0 aromatic carbocycles. The number of hydrogen-bond acceptors (Lipinski definition) is 4. The second-order valence-electron chi connectivity index (χ2n) is 1.28. The van der Waals surface area contributed by atoms with E-state index in [-0.39, 0.29) is 5.91 Å². The molecule has 5 heteroatoms. The first-order valence-corrected chi connectivity index (χ1v) is 4.36. The van der Waals surface area contributed by atoms with Gasteiger partial charge in [-0.25, -0.2) is 5.43 Å². The zero-order chi connectivity index (χ0) is 7.11. The Hall–Kier alpha value is -0.160. The molecule has 0 aromatic heterocycles. The lowest BCUT2D eigenvalue weighted by Crippen LogP contribution is -2.16. The van der Waals surface area contributed by atoms with Crippen LogP contribution in [0.1, 0.15) is 6.42 Å². The molecule has 0 aliphatic rings. The van der Waals surface area contributed by atoms with Crippen LogP contribution < -0.4 is 5.43 Å². The smallest absolute Gasteiger partial charge is 0.240 e. The average molecular weight is 164 g/mol. The van der Waals surface area contributed by atoms with E-state index in [1.807, 2.05) is 0 Å².